The fourth-order valence-corrected chi connectivity index (χ4v) is 2.54. The summed E-state index contributed by atoms with van der Waals surface area (Å²) in [5, 5.41) is 2.09. The molecule has 1 atom stereocenters. The second kappa shape index (κ2) is 6.52. The summed E-state index contributed by atoms with van der Waals surface area (Å²) in [5.41, 5.74) is 10.2. The molecule has 0 aliphatic rings. The molecule has 0 saturated heterocycles. The quantitative estimate of drug-likeness (QED) is 0.870. The van der Waals surface area contributed by atoms with Gasteiger partial charge in [0.05, 0.1) is 18.3 Å². The first-order chi connectivity index (χ1) is 8.81. The summed E-state index contributed by atoms with van der Waals surface area (Å²) < 4.78 is 5.15. The molecule has 2 N–H and O–H groups in total. The fraction of sp³-hybridized carbons (Fsp3) is 0.357. The highest BCUT2D eigenvalue weighted by Crippen LogP contribution is 2.17. The van der Waals surface area contributed by atoms with Crippen molar-refractivity contribution in [2.75, 3.05) is 13.7 Å². The van der Waals surface area contributed by atoms with E-state index < -0.39 is 0 Å². The average molecular weight is 262 g/mol. The van der Waals surface area contributed by atoms with Crippen LogP contribution in [0.25, 0.3) is 0 Å². The molecule has 0 spiro atoms. The number of ether oxygens (including phenoxy) is 1. The van der Waals surface area contributed by atoms with Gasteiger partial charge in [-0.25, -0.2) is 4.98 Å². The van der Waals surface area contributed by atoms with E-state index in [0.717, 1.165) is 24.3 Å². The topological polar surface area (TPSA) is 48.1 Å². The number of methoxy groups -OCH3 is 1. The Morgan fingerprint density at radius 3 is 2.61 bits per heavy atom. The first kappa shape index (κ1) is 13.1. The zero-order valence-corrected chi connectivity index (χ0v) is 11.3. The minimum absolute atomic E-state index is 0.445. The Balaban J connectivity index is 1.96. The summed E-state index contributed by atoms with van der Waals surface area (Å²) in [5.74, 6) is 1.34. The van der Waals surface area contributed by atoms with Gasteiger partial charge >= 0.3 is 0 Å². The first-order valence-electron chi connectivity index (χ1n) is 6.02. The SMILES string of the molecule is COc1ccc(CC(CN)Cc2cscn2)cc1. The number of hydrogen-bond donors (Lipinski definition) is 1. The van der Waals surface area contributed by atoms with Crippen molar-refractivity contribution < 1.29 is 4.74 Å². The molecule has 1 aromatic carbocycles. The highest BCUT2D eigenvalue weighted by molar-refractivity contribution is 7.07. The van der Waals surface area contributed by atoms with E-state index >= 15 is 0 Å². The Bertz CT molecular complexity index is 453. The molecule has 1 heterocycles. The predicted molar refractivity (Wildman–Crippen MR) is 75.1 cm³/mol. The molecule has 0 radical (unpaired) electrons. The van der Waals surface area contributed by atoms with E-state index in [2.05, 4.69) is 22.5 Å². The van der Waals surface area contributed by atoms with Gasteiger partial charge in [-0.2, -0.15) is 0 Å². The van der Waals surface area contributed by atoms with Crippen LogP contribution in [0.15, 0.2) is 35.2 Å². The van der Waals surface area contributed by atoms with Crippen molar-refractivity contribution in [2.24, 2.45) is 11.7 Å². The summed E-state index contributed by atoms with van der Waals surface area (Å²) in [4.78, 5) is 4.32. The van der Waals surface area contributed by atoms with Gasteiger partial charge in [0.1, 0.15) is 5.75 Å². The minimum Gasteiger partial charge on any atom is -0.497 e. The van der Waals surface area contributed by atoms with E-state index in [-0.39, 0.29) is 0 Å². The second-order valence-electron chi connectivity index (χ2n) is 4.34. The third-order valence-electron chi connectivity index (χ3n) is 3.00. The van der Waals surface area contributed by atoms with Crippen LogP contribution >= 0.6 is 11.3 Å². The number of nitrogens with zero attached hydrogens (tertiary/aromatic N) is 1. The maximum absolute atomic E-state index is 5.84. The van der Waals surface area contributed by atoms with Crippen LogP contribution in [0.3, 0.4) is 0 Å². The van der Waals surface area contributed by atoms with Gasteiger partial charge in [-0.3, -0.25) is 0 Å². The number of rotatable bonds is 6. The third-order valence-corrected chi connectivity index (χ3v) is 3.63. The van der Waals surface area contributed by atoms with Crippen LogP contribution in [0, 0.1) is 5.92 Å². The standard InChI is InChI=1S/C14H18N2OS/c1-17-14-4-2-11(3-5-14)6-12(8-15)7-13-9-18-10-16-13/h2-5,9-10,12H,6-8,15H2,1H3. The summed E-state index contributed by atoms with van der Waals surface area (Å²) in [7, 11) is 1.68. The van der Waals surface area contributed by atoms with Gasteiger partial charge in [-0.15, -0.1) is 11.3 Å². The average Bonchev–Trinajstić information content (AvgIpc) is 2.91. The molecule has 2 aromatic rings. The summed E-state index contributed by atoms with van der Waals surface area (Å²) in [6.07, 6.45) is 1.93. The Morgan fingerprint density at radius 2 is 2.06 bits per heavy atom. The van der Waals surface area contributed by atoms with Crippen LogP contribution in [0.1, 0.15) is 11.3 Å². The molecular weight excluding hydrogens is 244 g/mol. The van der Waals surface area contributed by atoms with E-state index in [1.54, 1.807) is 18.4 Å². The Labute approximate surface area is 112 Å². The molecule has 0 bridgehead atoms. The highest BCUT2D eigenvalue weighted by Gasteiger charge is 2.10. The minimum atomic E-state index is 0.445. The first-order valence-corrected chi connectivity index (χ1v) is 6.96. The second-order valence-corrected chi connectivity index (χ2v) is 5.06. The maximum atomic E-state index is 5.84. The Morgan fingerprint density at radius 1 is 1.28 bits per heavy atom. The van der Waals surface area contributed by atoms with Gasteiger partial charge in [0.25, 0.3) is 0 Å². The van der Waals surface area contributed by atoms with Crippen LogP contribution in [0.4, 0.5) is 0 Å². The molecule has 0 saturated carbocycles. The molecular formula is C14H18N2OS. The Kier molecular flexibility index (Phi) is 4.73. The van der Waals surface area contributed by atoms with Crippen molar-refractivity contribution in [3.63, 3.8) is 0 Å². The largest absolute Gasteiger partial charge is 0.497 e. The van der Waals surface area contributed by atoms with Crippen molar-refractivity contribution in [2.45, 2.75) is 12.8 Å². The van der Waals surface area contributed by atoms with Crippen LogP contribution < -0.4 is 10.5 Å². The smallest absolute Gasteiger partial charge is 0.118 e. The van der Waals surface area contributed by atoms with Gasteiger partial charge in [0.2, 0.25) is 0 Å². The summed E-state index contributed by atoms with van der Waals surface area (Å²) >= 11 is 1.63. The molecule has 0 aliphatic carbocycles. The molecule has 3 nitrogen and oxygen atoms in total. The molecule has 1 unspecified atom stereocenters. The molecule has 0 aliphatic heterocycles. The lowest BCUT2D eigenvalue weighted by Gasteiger charge is -2.13. The van der Waals surface area contributed by atoms with Crippen LogP contribution in [0.5, 0.6) is 5.75 Å². The van der Waals surface area contributed by atoms with E-state index in [1.807, 2.05) is 17.6 Å². The zero-order chi connectivity index (χ0) is 12.8. The van der Waals surface area contributed by atoms with E-state index in [0.29, 0.717) is 12.5 Å². The summed E-state index contributed by atoms with van der Waals surface area (Å²) in [6.45, 7) is 0.684. The normalized spacial score (nSPS) is 12.3. The predicted octanol–water partition coefficient (Wildman–Crippen LogP) is 2.51. The van der Waals surface area contributed by atoms with Crippen LogP contribution in [-0.4, -0.2) is 18.6 Å². The van der Waals surface area contributed by atoms with Gasteiger partial charge in [0, 0.05) is 5.38 Å². The molecule has 18 heavy (non-hydrogen) atoms. The molecule has 1 aromatic heterocycles. The number of benzene rings is 1. The maximum Gasteiger partial charge on any atom is 0.118 e. The zero-order valence-electron chi connectivity index (χ0n) is 10.5. The number of nitrogens with two attached hydrogens (primary N) is 1. The van der Waals surface area contributed by atoms with E-state index in [9.17, 15) is 0 Å². The Hall–Kier alpha value is -1.39. The number of hydrogen-bond acceptors (Lipinski definition) is 4. The van der Waals surface area contributed by atoms with Crippen LogP contribution in [-0.2, 0) is 12.8 Å². The lowest BCUT2D eigenvalue weighted by molar-refractivity contribution is 0.414. The molecule has 2 rings (SSSR count). The van der Waals surface area contributed by atoms with Gasteiger partial charge in [-0.1, -0.05) is 12.1 Å². The van der Waals surface area contributed by atoms with Gasteiger partial charge < -0.3 is 10.5 Å². The lowest BCUT2D eigenvalue weighted by atomic mass is 9.95. The van der Waals surface area contributed by atoms with Crippen molar-refractivity contribution in [1.29, 1.82) is 0 Å². The number of thiazole rings is 1. The van der Waals surface area contributed by atoms with E-state index in [1.165, 1.54) is 5.56 Å². The number of aromatic nitrogens is 1. The fourth-order valence-electron chi connectivity index (χ4n) is 1.97. The molecule has 96 valence electrons. The highest BCUT2D eigenvalue weighted by atomic mass is 32.1. The van der Waals surface area contributed by atoms with Gasteiger partial charge in [-0.05, 0) is 43.0 Å². The summed E-state index contributed by atoms with van der Waals surface area (Å²) in [6, 6.07) is 8.18. The van der Waals surface area contributed by atoms with Crippen molar-refractivity contribution in [3.8, 4) is 5.75 Å². The molecule has 4 heteroatoms. The third kappa shape index (κ3) is 3.55. The van der Waals surface area contributed by atoms with Crippen molar-refractivity contribution in [1.82, 2.24) is 4.98 Å². The monoisotopic (exact) mass is 262 g/mol. The lowest BCUT2D eigenvalue weighted by Crippen LogP contribution is -2.19. The van der Waals surface area contributed by atoms with Crippen molar-refractivity contribution in [3.05, 3.63) is 46.4 Å². The van der Waals surface area contributed by atoms with E-state index in [4.69, 9.17) is 10.5 Å². The molecule has 0 fully saturated rings. The van der Waals surface area contributed by atoms with Crippen molar-refractivity contribution >= 4 is 11.3 Å². The van der Waals surface area contributed by atoms with Crippen LogP contribution in [0.2, 0.25) is 0 Å². The molecule has 0 amide bonds. The van der Waals surface area contributed by atoms with Gasteiger partial charge in [0.15, 0.2) is 0 Å².